The Morgan fingerprint density at radius 3 is 2.83 bits per heavy atom. The van der Waals surface area contributed by atoms with Gasteiger partial charge in [0.2, 0.25) is 0 Å². The van der Waals surface area contributed by atoms with Gasteiger partial charge in [-0.3, -0.25) is 0 Å². The van der Waals surface area contributed by atoms with Crippen LogP contribution < -0.4 is 5.32 Å². The Bertz CT molecular complexity index is 461. The summed E-state index contributed by atoms with van der Waals surface area (Å²) in [5, 5.41) is 12.2. The molecule has 0 aromatic heterocycles. The molecule has 1 fully saturated rings. The molecule has 1 aromatic rings. The molecule has 1 aliphatic heterocycles. The first kappa shape index (κ1) is 13.0. The van der Waals surface area contributed by atoms with Gasteiger partial charge in [0.05, 0.1) is 5.56 Å². The SMILES string of the molecule is CC1(NCc2cccc(C#N)c2F)CCOCC1. The zero-order valence-electron chi connectivity index (χ0n) is 10.5. The number of benzene rings is 1. The maximum Gasteiger partial charge on any atom is 0.145 e. The van der Waals surface area contributed by atoms with E-state index >= 15 is 0 Å². The number of nitriles is 1. The molecule has 0 bridgehead atoms. The summed E-state index contributed by atoms with van der Waals surface area (Å²) in [5.41, 5.74) is 0.640. The third-order valence-electron chi connectivity index (χ3n) is 3.50. The highest BCUT2D eigenvalue weighted by Crippen LogP contribution is 2.21. The largest absolute Gasteiger partial charge is 0.381 e. The van der Waals surface area contributed by atoms with Gasteiger partial charge < -0.3 is 10.1 Å². The van der Waals surface area contributed by atoms with Gasteiger partial charge in [-0.2, -0.15) is 5.26 Å². The Kier molecular flexibility index (Phi) is 3.95. The summed E-state index contributed by atoms with van der Waals surface area (Å²) in [6, 6.07) is 6.78. The second-order valence-electron chi connectivity index (χ2n) is 4.92. The number of nitrogens with one attached hydrogen (secondary N) is 1. The van der Waals surface area contributed by atoms with Crippen LogP contribution in [0.3, 0.4) is 0 Å². The number of rotatable bonds is 3. The van der Waals surface area contributed by atoms with Gasteiger partial charge in [0.25, 0.3) is 0 Å². The van der Waals surface area contributed by atoms with E-state index < -0.39 is 5.82 Å². The molecule has 0 aliphatic carbocycles. The maximum absolute atomic E-state index is 13.9. The van der Waals surface area contributed by atoms with E-state index in [0.29, 0.717) is 12.1 Å². The van der Waals surface area contributed by atoms with E-state index in [1.165, 1.54) is 6.07 Å². The third-order valence-corrected chi connectivity index (χ3v) is 3.50. The second kappa shape index (κ2) is 5.47. The Balaban J connectivity index is 2.04. The van der Waals surface area contributed by atoms with E-state index in [0.717, 1.165) is 26.1 Å². The van der Waals surface area contributed by atoms with Crippen molar-refractivity contribution in [2.45, 2.75) is 31.8 Å². The zero-order chi connectivity index (χ0) is 13.0. The Morgan fingerprint density at radius 1 is 1.44 bits per heavy atom. The number of nitrogens with zero attached hydrogens (tertiary/aromatic N) is 1. The summed E-state index contributed by atoms with van der Waals surface area (Å²) in [6.07, 6.45) is 1.85. The smallest absolute Gasteiger partial charge is 0.145 e. The molecule has 1 aromatic carbocycles. The fourth-order valence-corrected chi connectivity index (χ4v) is 2.11. The van der Waals surface area contributed by atoms with E-state index in [9.17, 15) is 4.39 Å². The molecule has 0 amide bonds. The summed E-state index contributed by atoms with van der Waals surface area (Å²) >= 11 is 0. The van der Waals surface area contributed by atoms with Crippen LogP contribution in [0.2, 0.25) is 0 Å². The van der Waals surface area contributed by atoms with Crippen molar-refractivity contribution < 1.29 is 9.13 Å². The lowest BCUT2D eigenvalue weighted by Crippen LogP contribution is -2.46. The Hall–Kier alpha value is -1.44. The van der Waals surface area contributed by atoms with Crippen LogP contribution in [0, 0.1) is 17.1 Å². The summed E-state index contributed by atoms with van der Waals surface area (Å²) in [7, 11) is 0. The standard InChI is InChI=1S/C14H17FN2O/c1-14(5-7-18-8-6-14)17-10-12-4-2-3-11(9-16)13(12)15/h2-4,17H,5-8,10H2,1H3. The minimum Gasteiger partial charge on any atom is -0.381 e. The van der Waals surface area contributed by atoms with Crippen LogP contribution in [0.15, 0.2) is 18.2 Å². The van der Waals surface area contributed by atoms with Crippen LogP contribution in [0.4, 0.5) is 4.39 Å². The molecule has 96 valence electrons. The zero-order valence-corrected chi connectivity index (χ0v) is 10.5. The molecule has 0 unspecified atom stereocenters. The van der Waals surface area contributed by atoms with Crippen molar-refractivity contribution in [1.82, 2.24) is 5.32 Å². The first-order valence-electron chi connectivity index (χ1n) is 6.15. The van der Waals surface area contributed by atoms with E-state index in [1.54, 1.807) is 12.1 Å². The predicted octanol–water partition coefficient (Wildman–Crippen LogP) is 2.36. The minimum atomic E-state index is -0.414. The lowest BCUT2D eigenvalue weighted by molar-refractivity contribution is 0.0445. The number of halogens is 1. The van der Waals surface area contributed by atoms with E-state index in [4.69, 9.17) is 10.00 Å². The summed E-state index contributed by atoms with van der Waals surface area (Å²) < 4.78 is 19.2. The highest BCUT2D eigenvalue weighted by molar-refractivity contribution is 5.34. The average molecular weight is 248 g/mol. The average Bonchev–Trinajstić information content (AvgIpc) is 2.38. The fourth-order valence-electron chi connectivity index (χ4n) is 2.11. The van der Waals surface area contributed by atoms with Gasteiger partial charge in [-0.25, -0.2) is 4.39 Å². The molecular formula is C14H17FN2O. The molecule has 0 atom stereocenters. The van der Waals surface area contributed by atoms with E-state index in [1.807, 2.05) is 6.07 Å². The molecule has 0 saturated carbocycles. The molecule has 0 spiro atoms. The van der Waals surface area contributed by atoms with Gasteiger partial charge in [-0.1, -0.05) is 12.1 Å². The van der Waals surface area contributed by atoms with Crippen molar-refractivity contribution in [3.8, 4) is 6.07 Å². The van der Waals surface area contributed by atoms with Crippen LogP contribution in [-0.2, 0) is 11.3 Å². The van der Waals surface area contributed by atoms with Crippen molar-refractivity contribution in [1.29, 1.82) is 5.26 Å². The molecular weight excluding hydrogens is 231 g/mol. The van der Waals surface area contributed by atoms with Gasteiger partial charge in [0.15, 0.2) is 0 Å². The van der Waals surface area contributed by atoms with Crippen LogP contribution in [0.25, 0.3) is 0 Å². The van der Waals surface area contributed by atoms with Crippen molar-refractivity contribution in [2.75, 3.05) is 13.2 Å². The number of hydrogen-bond acceptors (Lipinski definition) is 3. The lowest BCUT2D eigenvalue weighted by Gasteiger charge is -2.34. The molecule has 0 radical (unpaired) electrons. The Morgan fingerprint density at radius 2 is 2.17 bits per heavy atom. The van der Waals surface area contributed by atoms with Gasteiger partial charge in [0, 0.05) is 30.9 Å². The predicted molar refractivity (Wildman–Crippen MR) is 66.4 cm³/mol. The molecule has 1 saturated heterocycles. The molecule has 18 heavy (non-hydrogen) atoms. The number of ether oxygens (including phenoxy) is 1. The van der Waals surface area contributed by atoms with Crippen molar-refractivity contribution in [3.63, 3.8) is 0 Å². The Labute approximate surface area is 107 Å². The number of hydrogen-bond donors (Lipinski definition) is 1. The third kappa shape index (κ3) is 2.87. The van der Waals surface area contributed by atoms with Gasteiger partial charge in [-0.05, 0) is 25.8 Å². The van der Waals surface area contributed by atoms with E-state index in [-0.39, 0.29) is 11.1 Å². The molecule has 4 heteroatoms. The lowest BCUT2D eigenvalue weighted by atomic mass is 9.92. The molecule has 1 heterocycles. The van der Waals surface area contributed by atoms with Crippen molar-refractivity contribution in [3.05, 3.63) is 35.1 Å². The summed E-state index contributed by atoms with van der Waals surface area (Å²) in [5.74, 6) is -0.414. The molecule has 1 N–H and O–H groups in total. The molecule has 3 nitrogen and oxygen atoms in total. The van der Waals surface area contributed by atoms with Crippen molar-refractivity contribution in [2.24, 2.45) is 0 Å². The highest BCUT2D eigenvalue weighted by atomic mass is 19.1. The monoisotopic (exact) mass is 248 g/mol. The minimum absolute atomic E-state index is 0.00661. The van der Waals surface area contributed by atoms with Gasteiger partial charge >= 0.3 is 0 Å². The summed E-state index contributed by atoms with van der Waals surface area (Å²) in [6.45, 7) is 4.05. The van der Waals surface area contributed by atoms with Crippen LogP contribution in [0.1, 0.15) is 30.9 Å². The maximum atomic E-state index is 13.9. The molecule has 1 aliphatic rings. The fraction of sp³-hybridized carbons (Fsp3) is 0.500. The first-order valence-corrected chi connectivity index (χ1v) is 6.15. The quantitative estimate of drug-likeness (QED) is 0.893. The van der Waals surface area contributed by atoms with Crippen LogP contribution >= 0.6 is 0 Å². The summed E-state index contributed by atoms with van der Waals surface area (Å²) in [4.78, 5) is 0. The van der Waals surface area contributed by atoms with Crippen LogP contribution in [0.5, 0.6) is 0 Å². The highest BCUT2D eigenvalue weighted by Gasteiger charge is 2.26. The van der Waals surface area contributed by atoms with Crippen LogP contribution in [-0.4, -0.2) is 18.8 Å². The molecule has 2 rings (SSSR count). The topological polar surface area (TPSA) is 45.0 Å². The van der Waals surface area contributed by atoms with Gasteiger partial charge in [0.1, 0.15) is 11.9 Å². The van der Waals surface area contributed by atoms with E-state index in [2.05, 4.69) is 12.2 Å². The second-order valence-corrected chi connectivity index (χ2v) is 4.92. The van der Waals surface area contributed by atoms with Crippen molar-refractivity contribution >= 4 is 0 Å². The normalized spacial score (nSPS) is 18.3. The first-order chi connectivity index (χ1) is 8.64. The van der Waals surface area contributed by atoms with Gasteiger partial charge in [-0.15, -0.1) is 0 Å².